The number of aromatic nitrogens is 2. The molecule has 3 rings (SSSR count). The third-order valence-electron chi connectivity index (χ3n) is 3.85. The fourth-order valence-electron chi connectivity index (χ4n) is 2.65. The van der Waals surface area contributed by atoms with Crippen molar-refractivity contribution >= 4 is 5.69 Å². The number of piperazine rings is 1. The molecular formula is C15H17F3N4O. The van der Waals surface area contributed by atoms with Gasteiger partial charge in [-0.15, -0.1) is 0 Å². The van der Waals surface area contributed by atoms with E-state index in [1.807, 2.05) is 4.90 Å². The summed E-state index contributed by atoms with van der Waals surface area (Å²) in [6.45, 7) is 5.14. The lowest BCUT2D eigenvalue weighted by atomic mass is 10.1. The van der Waals surface area contributed by atoms with Gasteiger partial charge in [0.15, 0.2) is 5.82 Å². The Kier molecular flexibility index (Phi) is 4.25. The first-order chi connectivity index (χ1) is 10.9. The van der Waals surface area contributed by atoms with Crippen LogP contribution in [0.3, 0.4) is 0 Å². The number of anilines is 1. The third-order valence-corrected chi connectivity index (χ3v) is 3.85. The van der Waals surface area contributed by atoms with Crippen molar-refractivity contribution in [3.63, 3.8) is 0 Å². The smallest absolute Gasteiger partial charge is 0.369 e. The van der Waals surface area contributed by atoms with Gasteiger partial charge in [-0.05, 0) is 18.2 Å². The molecule has 0 spiro atoms. The number of rotatable bonds is 3. The summed E-state index contributed by atoms with van der Waals surface area (Å²) in [5, 5.41) is 3.86. The molecular weight excluding hydrogens is 309 g/mol. The second kappa shape index (κ2) is 6.19. The summed E-state index contributed by atoms with van der Waals surface area (Å²) in [5.41, 5.74) is -0.00502. The standard InChI is InChI=1S/C15H17F3N4O/c1-11-19-14(20-23-11)10-21-5-7-22(8-6-21)13-4-2-3-12(9-13)15(16,17)18/h2-4,9H,5-8,10H2,1H3. The summed E-state index contributed by atoms with van der Waals surface area (Å²) in [5.74, 6) is 1.16. The largest absolute Gasteiger partial charge is 0.416 e. The van der Waals surface area contributed by atoms with Crippen molar-refractivity contribution < 1.29 is 17.7 Å². The molecule has 1 aromatic carbocycles. The topological polar surface area (TPSA) is 45.4 Å². The van der Waals surface area contributed by atoms with E-state index in [1.54, 1.807) is 13.0 Å². The van der Waals surface area contributed by atoms with E-state index in [0.29, 0.717) is 37.0 Å². The molecule has 1 aliphatic rings. The van der Waals surface area contributed by atoms with Gasteiger partial charge in [0.1, 0.15) is 0 Å². The van der Waals surface area contributed by atoms with E-state index in [-0.39, 0.29) is 0 Å². The van der Waals surface area contributed by atoms with Gasteiger partial charge in [-0.2, -0.15) is 18.2 Å². The Balaban J connectivity index is 1.60. The quantitative estimate of drug-likeness (QED) is 0.868. The van der Waals surface area contributed by atoms with Crippen LogP contribution in [0.15, 0.2) is 28.8 Å². The first-order valence-corrected chi connectivity index (χ1v) is 7.35. The molecule has 0 N–H and O–H groups in total. The first-order valence-electron chi connectivity index (χ1n) is 7.35. The highest BCUT2D eigenvalue weighted by molar-refractivity contribution is 5.49. The highest BCUT2D eigenvalue weighted by atomic mass is 19.4. The number of hydrogen-bond acceptors (Lipinski definition) is 5. The van der Waals surface area contributed by atoms with Crippen LogP contribution in [0.5, 0.6) is 0 Å². The second-order valence-corrected chi connectivity index (χ2v) is 5.54. The average molecular weight is 326 g/mol. The van der Waals surface area contributed by atoms with Gasteiger partial charge in [0, 0.05) is 38.8 Å². The number of benzene rings is 1. The molecule has 2 aromatic rings. The van der Waals surface area contributed by atoms with Gasteiger partial charge in [-0.1, -0.05) is 11.2 Å². The minimum Gasteiger partial charge on any atom is -0.369 e. The molecule has 0 atom stereocenters. The summed E-state index contributed by atoms with van der Waals surface area (Å²) >= 11 is 0. The molecule has 0 saturated carbocycles. The van der Waals surface area contributed by atoms with Crippen LogP contribution in [0.25, 0.3) is 0 Å². The average Bonchev–Trinajstić information content (AvgIpc) is 2.92. The van der Waals surface area contributed by atoms with Crippen LogP contribution in [0.1, 0.15) is 17.3 Å². The van der Waals surface area contributed by atoms with Crippen LogP contribution < -0.4 is 4.90 Å². The van der Waals surface area contributed by atoms with Crippen LogP contribution in [0.4, 0.5) is 18.9 Å². The molecule has 1 fully saturated rings. The lowest BCUT2D eigenvalue weighted by Gasteiger charge is -2.35. The van der Waals surface area contributed by atoms with Crippen molar-refractivity contribution in [3.8, 4) is 0 Å². The molecule has 0 radical (unpaired) electrons. The molecule has 23 heavy (non-hydrogen) atoms. The fourth-order valence-corrected chi connectivity index (χ4v) is 2.65. The van der Waals surface area contributed by atoms with Crippen molar-refractivity contribution in [3.05, 3.63) is 41.5 Å². The van der Waals surface area contributed by atoms with Gasteiger partial charge in [0.25, 0.3) is 0 Å². The van der Waals surface area contributed by atoms with Crippen molar-refractivity contribution in [1.82, 2.24) is 15.0 Å². The maximum Gasteiger partial charge on any atom is 0.416 e. The van der Waals surface area contributed by atoms with Crippen LogP contribution in [0, 0.1) is 6.92 Å². The van der Waals surface area contributed by atoms with E-state index in [1.165, 1.54) is 12.1 Å². The van der Waals surface area contributed by atoms with Gasteiger partial charge in [0.05, 0.1) is 12.1 Å². The van der Waals surface area contributed by atoms with Crippen molar-refractivity contribution in [2.24, 2.45) is 0 Å². The van der Waals surface area contributed by atoms with Crippen molar-refractivity contribution in [2.75, 3.05) is 31.1 Å². The van der Waals surface area contributed by atoms with Gasteiger partial charge < -0.3 is 9.42 Å². The van der Waals surface area contributed by atoms with Crippen LogP contribution in [-0.2, 0) is 12.7 Å². The van der Waals surface area contributed by atoms with Crippen molar-refractivity contribution in [2.45, 2.75) is 19.6 Å². The maximum absolute atomic E-state index is 12.8. The fraction of sp³-hybridized carbons (Fsp3) is 0.467. The minimum absolute atomic E-state index is 0.530. The van der Waals surface area contributed by atoms with Gasteiger partial charge in [-0.3, -0.25) is 4.90 Å². The molecule has 2 heterocycles. The molecule has 1 aromatic heterocycles. The Morgan fingerprint density at radius 3 is 2.52 bits per heavy atom. The zero-order valence-corrected chi connectivity index (χ0v) is 12.7. The van der Waals surface area contributed by atoms with Crippen LogP contribution in [0.2, 0.25) is 0 Å². The molecule has 1 aliphatic heterocycles. The highest BCUT2D eigenvalue weighted by Crippen LogP contribution is 2.31. The third kappa shape index (κ3) is 3.82. The minimum atomic E-state index is -4.31. The Labute approximate surface area is 131 Å². The van der Waals surface area contributed by atoms with Crippen LogP contribution in [-0.4, -0.2) is 41.2 Å². The van der Waals surface area contributed by atoms with E-state index in [4.69, 9.17) is 4.52 Å². The summed E-state index contributed by atoms with van der Waals surface area (Å²) < 4.78 is 43.3. The van der Waals surface area contributed by atoms with Gasteiger partial charge in [-0.25, -0.2) is 0 Å². The number of halogens is 3. The summed E-state index contributed by atoms with van der Waals surface area (Å²) in [6.07, 6.45) is -4.31. The number of aryl methyl sites for hydroxylation is 1. The lowest BCUT2D eigenvalue weighted by Crippen LogP contribution is -2.46. The summed E-state index contributed by atoms with van der Waals surface area (Å²) in [6, 6.07) is 5.47. The zero-order chi connectivity index (χ0) is 16.4. The number of nitrogens with zero attached hydrogens (tertiary/aromatic N) is 4. The van der Waals surface area contributed by atoms with E-state index >= 15 is 0 Å². The monoisotopic (exact) mass is 326 g/mol. The molecule has 1 saturated heterocycles. The predicted octanol–water partition coefficient (Wildman–Crippen LogP) is 2.72. The second-order valence-electron chi connectivity index (χ2n) is 5.54. The van der Waals surface area contributed by atoms with Gasteiger partial charge in [0.2, 0.25) is 5.89 Å². The predicted molar refractivity (Wildman–Crippen MR) is 78.0 cm³/mol. The molecule has 5 nitrogen and oxygen atoms in total. The Morgan fingerprint density at radius 1 is 1.17 bits per heavy atom. The first kappa shape index (κ1) is 15.8. The summed E-state index contributed by atoms with van der Waals surface area (Å²) in [4.78, 5) is 8.29. The normalized spacial score (nSPS) is 16.8. The molecule has 0 unspecified atom stereocenters. The maximum atomic E-state index is 12.8. The summed E-state index contributed by atoms with van der Waals surface area (Å²) in [7, 11) is 0. The zero-order valence-electron chi connectivity index (χ0n) is 12.7. The van der Waals surface area contributed by atoms with E-state index in [2.05, 4.69) is 15.0 Å². The van der Waals surface area contributed by atoms with E-state index < -0.39 is 11.7 Å². The van der Waals surface area contributed by atoms with Crippen LogP contribution >= 0.6 is 0 Å². The SMILES string of the molecule is Cc1nc(CN2CCN(c3cccc(C(F)(F)F)c3)CC2)no1. The Hall–Kier alpha value is -2.09. The highest BCUT2D eigenvalue weighted by Gasteiger charge is 2.31. The lowest BCUT2D eigenvalue weighted by molar-refractivity contribution is -0.137. The molecule has 0 amide bonds. The molecule has 0 bridgehead atoms. The van der Waals surface area contributed by atoms with Crippen molar-refractivity contribution in [1.29, 1.82) is 0 Å². The molecule has 8 heteroatoms. The number of hydrogen-bond donors (Lipinski definition) is 0. The number of alkyl halides is 3. The van der Waals surface area contributed by atoms with E-state index in [0.717, 1.165) is 19.2 Å². The Bertz CT molecular complexity index is 663. The molecule has 0 aliphatic carbocycles. The molecule has 124 valence electrons. The Morgan fingerprint density at radius 2 is 1.91 bits per heavy atom. The van der Waals surface area contributed by atoms with Gasteiger partial charge >= 0.3 is 6.18 Å². The van der Waals surface area contributed by atoms with E-state index in [9.17, 15) is 13.2 Å².